The number of carbonyl (C=O) groups is 1. The van der Waals surface area contributed by atoms with Gasteiger partial charge in [0.15, 0.2) is 0 Å². The zero-order valence-electron chi connectivity index (χ0n) is 16.1. The van der Waals surface area contributed by atoms with Crippen LogP contribution in [0.3, 0.4) is 0 Å². The van der Waals surface area contributed by atoms with E-state index in [1.54, 1.807) is 24.3 Å². The number of nitrogens with two attached hydrogens (primary N) is 1. The van der Waals surface area contributed by atoms with Gasteiger partial charge in [-0.2, -0.15) is 0 Å². The molecule has 10 heteroatoms. The molecule has 2 aromatic rings. The molecule has 8 nitrogen and oxygen atoms in total. The molecule has 0 saturated carbocycles. The van der Waals surface area contributed by atoms with E-state index in [4.69, 9.17) is 21.3 Å². The number of nitrogens with zero attached hydrogens (tertiary/aromatic N) is 2. The van der Waals surface area contributed by atoms with Gasteiger partial charge in [0.25, 0.3) is 5.91 Å². The first kappa shape index (κ1) is 22.2. The van der Waals surface area contributed by atoms with E-state index in [1.165, 1.54) is 16.7 Å². The van der Waals surface area contributed by atoms with Gasteiger partial charge in [-0.15, -0.1) is 0 Å². The normalized spacial score (nSPS) is 12.8. The van der Waals surface area contributed by atoms with E-state index < -0.39 is 10.0 Å². The number of nitrogens with one attached hydrogen (secondary N) is 1. The molecular weight excluding hydrogens is 404 g/mol. The highest BCUT2D eigenvalue weighted by Gasteiger charge is 2.19. The number of carbonyl (C=O) groups excluding carboxylic acids is 1. The molecule has 1 atom stereocenters. The van der Waals surface area contributed by atoms with Crippen molar-refractivity contribution < 1.29 is 17.6 Å². The SMILES string of the molecule is CCC(CNC(=O)c1ccc(N(Cl)Cc2occc2S(N)(=O)=O)cc1)N(C)C. The number of amides is 1. The van der Waals surface area contributed by atoms with Crippen LogP contribution < -0.4 is 14.9 Å². The molecule has 3 N–H and O–H groups in total. The summed E-state index contributed by atoms with van der Waals surface area (Å²) in [5.74, 6) is -0.0378. The second kappa shape index (κ2) is 9.42. The lowest BCUT2D eigenvalue weighted by Crippen LogP contribution is -2.39. The fraction of sp³-hybridized carbons (Fsp3) is 0.389. The molecule has 1 unspecified atom stereocenters. The Kier molecular flexibility index (Phi) is 7.48. The molecule has 1 aromatic carbocycles. The summed E-state index contributed by atoms with van der Waals surface area (Å²) in [6.45, 7) is 2.62. The van der Waals surface area contributed by atoms with Crippen LogP contribution in [0.2, 0.25) is 0 Å². The maximum absolute atomic E-state index is 12.3. The van der Waals surface area contributed by atoms with E-state index in [-0.39, 0.29) is 29.1 Å². The molecule has 1 aromatic heterocycles. The minimum absolute atomic E-state index is 0.00707. The van der Waals surface area contributed by atoms with E-state index in [0.717, 1.165) is 6.42 Å². The summed E-state index contributed by atoms with van der Waals surface area (Å²) in [5, 5.41) is 8.07. The molecule has 0 saturated heterocycles. The van der Waals surface area contributed by atoms with Crippen LogP contribution in [-0.4, -0.2) is 45.9 Å². The number of sulfonamides is 1. The van der Waals surface area contributed by atoms with Gasteiger partial charge >= 0.3 is 0 Å². The van der Waals surface area contributed by atoms with Crippen molar-refractivity contribution in [1.29, 1.82) is 0 Å². The van der Waals surface area contributed by atoms with Crippen LogP contribution in [0.5, 0.6) is 0 Å². The molecule has 28 heavy (non-hydrogen) atoms. The van der Waals surface area contributed by atoms with E-state index in [1.807, 2.05) is 14.1 Å². The number of benzene rings is 1. The number of likely N-dealkylation sites (N-methyl/N-ethyl adjacent to an activating group) is 1. The van der Waals surface area contributed by atoms with Gasteiger partial charge in [0.1, 0.15) is 10.7 Å². The van der Waals surface area contributed by atoms with Crippen molar-refractivity contribution in [2.24, 2.45) is 5.14 Å². The predicted molar refractivity (Wildman–Crippen MR) is 109 cm³/mol. The summed E-state index contributed by atoms with van der Waals surface area (Å²) in [6, 6.07) is 8.19. The molecule has 0 aliphatic rings. The van der Waals surface area contributed by atoms with Gasteiger partial charge in [-0.3, -0.25) is 9.21 Å². The zero-order chi connectivity index (χ0) is 20.9. The number of rotatable bonds is 9. The lowest BCUT2D eigenvalue weighted by atomic mass is 10.1. The van der Waals surface area contributed by atoms with Gasteiger partial charge in [0.05, 0.1) is 18.5 Å². The summed E-state index contributed by atoms with van der Waals surface area (Å²) in [6.07, 6.45) is 2.17. The van der Waals surface area contributed by atoms with E-state index in [9.17, 15) is 13.2 Å². The van der Waals surface area contributed by atoms with Gasteiger partial charge in [0, 0.05) is 29.9 Å². The van der Waals surface area contributed by atoms with Gasteiger partial charge in [-0.05, 0) is 50.8 Å². The third-order valence-corrected chi connectivity index (χ3v) is 5.69. The fourth-order valence-electron chi connectivity index (χ4n) is 2.69. The zero-order valence-corrected chi connectivity index (χ0v) is 17.6. The predicted octanol–water partition coefficient (Wildman–Crippen LogP) is 2.16. The van der Waals surface area contributed by atoms with Crippen LogP contribution in [0.25, 0.3) is 0 Å². The molecule has 1 heterocycles. The minimum atomic E-state index is -3.89. The van der Waals surface area contributed by atoms with Gasteiger partial charge < -0.3 is 14.6 Å². The van der Waals surface area contributed by atoms with Crippen LogP contribution in [0, 0.1) is 0 Å². The van der Waals surface area contributed by atoms with Crippen molar-refractivity contribution in [2.45, 2.75) is 30.8 Å². The molecule has 0 aliphatic heterocycles. The Hall–Kier alpha value is -2.07. The summed E-state index contributed by atoms with van der Waals surface area (Å²) in [5.41, 5.74) is 1.08. The smallest absolute Gasteiger partial charge is 0.251 e. The molecule has 0 radical (unpaired) electrons. The molecule has 0 bridgehead atoms. The van der Waals surface area contributed by atoms with Crippen LogP contribution in [0.4, 0.5) is 5.69 Å². The number of hydrogen-bond acceptors (Lipinski definition) is 6. The van der Waals surface area contributed by atoms with E-state index in [2.05, 4.69) is 17.1 Å². The van der Waals surface area contributed by atoms with E-state index >= 15 is 0 Å². The quantitative estimate of drug-likeness (QED) is 0.592. The monoisotopic (exact) mass is 428 g/mol. The molecular formula is C18H25ClN4O4S. The van der Waals surface area contributed by atoms with E-state index in [0.29, 0.717) is 17.8 Å². The van der Waals surface area contributed by atoms with Crippen molar-refractivity contribution >= 4 is 33.4 Å². The highest BCUT2D eigenvalue weighted by molar-refractivity contribution is 7.89. The Balaban J connectivity index is 2.02. The Bertz CT molecular complexity index is 897. The standard InChI is InChI=1S/C18H25ClN4O4S/c1-4-14(22(2)3)11-21-18(24)13-5-7-15(8-6-13)23(19)12-16-17(9-10-27-16)28(20,25)26/h5-10,14H,4,11-12H2,1-3H3,(H,21,24)(H2,20,25,26). The molecule has 2 rings (SSSR count). The molecule has 0 fully saturated rings. The van der Waals surface area contributed by atoms with Crippen molar-refractivity contribution in [2.75, 3.05) is 25.1 Å². The Morgan fingerprint density at radius 2 is 1.89 bits per heavy atom. The molecule has 1 amide bonds. The van der Waals surface area contributed by atoms with Crippen molar-refractivity contribution in [3.8, 4) is 0 Å². The van der Waals surface area contributed by atoms with Crippen LogP contribution in [-0.2, 0) is 16.6 Å². The van der Waals surface area contributed by atoms with Gasteiger partial charge in [-0.1, -0.05) is 6.92 Å². The first-order valence-corrected chi connectivity index (χ1v) is 10.6. The average Bonchev–Trinajstić information content (AvgIpc) is 3.10. The Morgan fingerprint density at radius 1 is 1.25 bits per heavy atom. The highest BCUT2D eigenvalue weighted by Crippen LogP contribution is 2.24. The molecule has 0 spiro atoms. The van der Waals surface area contributed by atoms with Gasteiger partial charge in [-0.25, -0.2) is 13.6 Å². The first-order valence-electron chi connectivity index (χ1n) is 8.70. The highest BCUT2D eigenvalue weighted by atomic mass is 35.5. The molecule has 0 aliphatic carbocycles. The third kappa shape index (κ3) is 5.71. The number of furan rings is 1. The van der Waals surface area contributed by atoms with Crippen LogP contribution in [0.1, 0.15) is 29.5 Å². The van der Waals surface area contributed by atoms with Crippen molar-refractivity contribution in [3.05, 3.63) is 47.9 Å². The average molecular weight is 429 g/mol. The maximum atomic E-state index is 12.3. The van der Waals surface area contributed by atoms with Crippen LogP contribution in [0.15, 0.2) is 45.9 Å². The second-order valence-corrected chi connectivity index (χ2v) is 8.49. The largest absolute Gasteiger partial charge is 0.466 e. The Morgan fingerprint density at radius 3 is 2.43 bits per heavy atom. The lowest BCUT2D eigenvalue weighted by molar-refractivity contribution is 0.0941. The number of halogens is 1. The van der Waals surface area contributed by atoms with Gasteiger partial charge in [0.2, 0.25) is 10.0 Å². The summed E-state index contributed by atoms with van der Waals surface area (Å²) in [7, 11) is 0.0602. The third-order valence-electron chi connectivity index (χ3n) is 4.40. The lowest BCUT2D eigenvalue weighted by Gasteiger charge is -2.23. The summed E-state index contributed by atoms with van der Waals surface area (Å²) < 4.78 is 29.5. The topological polar surface area (TPSA) is 109 Å². The fourth-order valence-corrected chi connectivity index (χ4v) is 3.59. The van der Waals surface area contributed by atoms with Crippen molar-refractivity contribution in [3.63, 3.8) is 0 Å². The van der Waals surface area contributed by atoms with Crippen LogP contribution >= 0.6 is 11.8 Å². The Labute approximate surface area is 170 Å². The summed E-state index contributed by atoms with van der Waals surface area (Å²) in [4.78, 5) is 14.3. The first-order chi connectivity index (χ1) is 13.1. The minimum Gasteiger partial charge on any atom is -0.466 e. The number of primary sulfonamides is 1. The summed E-state index contributed by atoms with van der Waals surface area (Å²) >= 11 is 6.24. The maximum Gasteiger partial charge on any atom is 0.251 e. The number of hydrogen-bond donors (Lipinski definition) is 2. The molecule has 154 valence electrons. The number of anilines is 1. The second-order valence-electron chi connectivity index (χ2n) is 6.56. The van der Waals surface area contributed by atoms with Crippen molar-refractivity contribution in [1.82, 2.24) is 10.2 Å².